The molecule has 0 aliphatic carbocycles. The van der Waals surface area contributed by atoms with Gasteiger partial charge in [-0.05, 0) is 37.4 Å². The Labute approximate surface area is 118 Å². The second-order valence-electron chi connectivity index (χ2n) is 4.53. The Bertz CT molecular complexity index is 364. The maximum absolute atomic E-state index is 6.11. The summed E-state index contributed by atoms with van der Waals surface area (Å²) in [7, 11) is 0. The Kier molecular flexibility index (Phi) is 6.65. The van der Waals surface area contributed by atoms with Crippen LogP contribution >= 0.6 is 34.8 Å². The molecule has 1 aromatic carbocycles. The number of rotatable bonds is 6. The quantitative estimate of drug-likeness (QED) is 0.563. The highest BCUT2D eigenvalue weighted by Gasteiger charge is 2.08. The molecule has 1 aromatic rings. The first-order valence-electron chi connectivity index (χ1n) is 5.85. The van der Waals surface area contributed by atoms with Crippen LogP contribution in [0.15, 0.2) is 12.1 Å². The first kappa shape index (κ1) is 15.1. The summed E-state index contributed by atoms with van der Waals surface area (Å²) in [5.74, 6) is 0.746. The molecular weight excluding hydrogens is 277 g/mol. The van der Waals surface area contributed by atoms with Crippen LogP contribution in [0.3, 0.4) is 0 Å². The maximum Gasteiger partial charge on any atom is 0.0652 e. The lowest BCUT2D eigenvalue weighted by Crippen LogP contribution is -2.15. The predicted molar refractivity (Wildman–Crippen MR) is 77.3 cm³/mol. The predicted octanol–water partition coefficient (Wildman–Crippen LogP) is 5.17. The standard InChI is InChI=1S/C13H18Cl3N/c1-9(2)4-3-7-17-8-10-11(14)5-6-12(15)13(10)16/h5-6,9,17H,3-4,7-8H2,1-2H3. The van der Waals surface area contributed by atoms with Crippen LogP contribution in [0, 0.1) is 5.92 Å². The van der Waals surface area contributed by atoms with Crippen LogP contribution in [0.5, 0.6) is 0 Å². The van der Waals surface area contributed by atoms with Gasteiger partial charge in [-0.1, -0.05) is 48.7 Å². The smallest absolute Gasteiger partial charge is 0.0652 e. The lowest BCUT2D eigenvalue weighted by atomic mass is 10.1. The van der Waals surface area contributed by atoms with E-state index in [1.54, 1.807) is 12.1 Å². The lowest BCUT2D eigenvalue weighted by Gasteiger charge is -2.10. The number of halogens is 3. The molecule has 0 atom stereocenters. The third-order valence-electron chi connectivity index (χ3n) is 2.58. The van der Waals surface area contributed by atoms with Gasteiger partial charge in [0.15, 0.2) is 0 Å². The average Bonchev–Trinajstić information content (AvgIpc) is 2.27. The van der Waals surface area contributed by atoms with Crippen molar-refractivity contribution in [1.29, 1.82) is 0 Å². The van der Waals surface area contributed by atoms with Gasteiger partial charge in [0.25, 0.3) is 0 Å². The minimum atomic E-state index is 0.551. The second-order valence-corrected chi connectivity index (χ2v) is 5.73. The van der Waals surface area contributed by atoms with E-state index in [-0.39, 0.29) is 0 Å². The zero-order valence-electron chi connectivity index (χ0n) is 10.2. The molecule has 0 saturated carbocycles. The van der Waals surface area contributed by atoms with Gasteiger partial charge in [-0.2, -0.15) is 0 Å². The molecule has 0 amide bonds. The van der Waals surface area contributed by atoms with Gasteiger partial charge in [0, 0.05) is 17.1 Å². The highest BCUT2D eigenvalue weighted by molar-refractivity contribution is 6.44. The Morgan fingerprint density at radius 1 is 1.12 bits per heavy atom. The molecule has 0 saturated heterocycles. The van der Waals surface area contributed by atoms with E-state index >= 15 is 0 Å². The topological polar surface area (TPSA) is 12.0 Å². The fraction of sp³-hybridized carbons (Fsp3) is 0.538. The second kappa shape index (κ2) is 7.48. The molecule has 4 heteroatoms. The summed E-state index contributed by atoms with van der Waals surface area (Å²) in [6.07, 6.45) is 2.39. The van der Waals surface area contributed by atoms with E-state index in [1.165, 1.54) is 6.42 Å². The van der Waals surface area contributed by atoms with Gasteiger partial charge in [-0.3, -0.25) is 0 Å². The van der Waals surface area contributed by atoms with Crippen LogP contribution in [0.25, 0.3) is 0 Å². The summed E-state index contributed by atoms with van der Waals surface area (Å²) in [6.45, 7) is 6.09. The fourth-order valence-corrected chi connectivity index (χ4v) is 2.26. The van der Waals surface area contributed by atoms with Crippen LogP contribution < -0.4 is 5.32 Å². The molecule has 0 unspecified atom stereocenters. The first-order chi connectivity index (χ1) is 8.02. The van der Waals surface area contributed by atoms with Gasteiger partial charge in [-0.25, -0.2) is 0 Å². The molecule has 1 rings (SSSR count). The molecule has 0 heterocycles. The van der Waals surface area contributed by atoms with Gasteiger partial charge in [-0.15, -0.1) is 0 Å². The van der Waals surface area contributed by atoms with Gasteiger partial charge in [0.2, 0.25) is 0 Å². The van der Waals surface area contributed by atoms with E-state index in [1.807, 2.05) is 0 Å². The molecule has 0 radical (unpaired) electrons. The Hall–Kier alpha value is 0.0500. The highest BCUT2D eigenvalue weighted by atomic mass is 35.5. The van der Waals surface area contributed by atoms with E-state index in [2.05, 4.69) is 19.2 Å². The molecular formula is C13H18Cl3N. The summed E-state index contributed by atoms with van der Waals surface area (Å²) in [5.41, 5.74) is 0.880. The van der Waals surface area contributed by atoms with Gasteiger partial charge >= 0.3 is 0 Å². The summed E-state index contributed by atoms with van der Waals surface area (Å²) in [5, 5.41) is 5.10. The molecule has 1 nitrogen and oxygen atoms in total. The van der Waals surface area contributed by atoms with Crippen molar-refractivity contribution in [2.24, 2.45) is 5.92 Å². The largest absolute Gasteiger partial charge is 0.313 e. The van der Waals surface area contributed by atoms with Crippen molar-refractivity contribution in [2.45, 2.75) is 33.2 Å². The first-order valence-corrected chi connectivity index (χ1v) is 6.99. The molecule has 0 spiro atoms. The van der Waals surface area contributed by atoms with Crippen LogP contribution in [0.4, 0.5) is 0 Å². The maximum atomic E-state index is 6.11. The molecule has 0 fully saturated rings. The average molecular weight is 295 g/mol. The van der Waals surface area contributed by atoms with E-state index in [4.69, 9.17) is 34.8 Å². The Morgan fingerprint density at radius 3 is 2.41 bits per heavy atom. The molecule has 17 heavy (non-hydrogen) atoms. The Balaban J connectivity index is 2.44. The molecule has 0 aliphatic rings. The van der Waals surface area contributed by atoms with Crippen molar-refractivity contribution >= 4 is 34.8 Å². The van der Waals surface area contributed by atoms with Gasteiger partial charge < -0.3 is 5.32 Å². The number of hydrogen-bond acceptors (Lipinski definition) is 1. The minimum absolute atomic E-state index is 0.551. The molecule has 1 N–H and O–H groups in total. The van der Waals surface area contributed by atoms with Crippen LogP contribution in [0.2, 0.25) is 15.1 Å². The molecule has 0 aromatic heterocycles. The summed E-state index contributed by atoms with van der Waals surface area (Å²) in [4.78, 5) is 0. The zero-order chi connectivity index (χ0) is 12.8. The van der Waals surface area contributed by atoms with Crippen molar-refractivity contribution in [1.82, 2.24) is 5.32 Å². The van der Waals surface area contributed by atoms with Crippen molar-refractivity contribution in [3.8, 4) is 0 Å². The number of benzene rings is 1. The van der Waals surface area contributed by atoms with E-state index in [9.17, 15) is 0 Å². The number of hydrogen-bond donors (Lipinski definition) is 1. The summed E-state index contributed by atoms with van der Waals surface area (Å²) in [6, 6.07) is 3.50. The van der Waals surface area contributed by atoms with Crippen LogP contribution in [0.1, 0.15) is 32.3 Å². The van der Waals surface area contributed by atoms with Crippen molar-refractivity contribution in [2.75, 3.05) is 6.54 Å². The minimum Gasteiger partial charge on any atom is -0.313 e. The van der Waals surface area contributed by atoms with Crippen LogP contribution in [-0.2, 0) is 6.54 Å². The molecule has 0 aliphatic heterocycles. The summed E-state index contributed by atoms with van der Waals surface area (Å²) < 4.78 is 0. The number of nitrogens with one attached hydrogen (secondary N) is 1. The SMILES string of the molecule is CC(C)CCCNCc1c(Cl)ccc(Cl)c1Cl. The molecule has 0 bridgehead atoms. The monoisotopic (exact) mass is 293 g/mol. The third-order valence-corrected chi connectivity index (χ3v) is 3.77. The van der Waals surface area contributed by atoms with Gasteiger partial charge in [0.1, 0.15) is 0 Å². The van der Waals surface area contributed by atoms with Gasteiger partial charge in [0.05, 0.1) is 10.0 Å². The van der Waals surface area contributed by atoms with E-state index < -0.39 is 0 Å². The van der Waals surface area contributed by atoms with Crippen molar-refractivity contribution in [3.63, 3.8) is 0 Å². The van der Waals surface area contributed by atoms with Crippen molar-refractivity contribution in [3.05, 3.63) is 32.8 Å². The molecule has 96 valence electrons. The zero-order valence-corrected chi connectivity index (χ0v) is 12.5. The highest BCUT2D eigenvalue weighted by Crippen LogP contribution is 2.31. The summed E-state index contributed by atoms with van der Waals surface area (Å²) >= 11 is 18.1. The van der Waals surface area contributed by atoms with Crippen molar-refractivity contribution < 1.29 is 0 Å². The van der Waals surface area contributed by atoms with Crippen LogP contribution in [-0.4, -0.2) is 6.54 Å². The normalized spacial score (nSPS) is 11.2. The lowest BCUT2D eigenvalue weighted by molar-refractivity contribution is 0.527. The van der Waals surface area contributed by atoms with E-state index in [0.29, 0.717) is 21.6 Å². The Morgan fingerprint density at radius 2 is 1.76 bits per heavy atom. The van der Waals surface area contributed by atoms with E-state index in [0.717, 1.165) is 24.4 Å². The third kappa shape index (κ3) is 5.05. The fourth-order valence-electron chi connectivity index (χ4n) is 1.58.